The Morgan fingerprint density at radius 2 is 2.07 bits per heavy atom. The molecule has 1 aromatic rings. The van der Waals surface area contributed by atoms with E-state index in [0.717, 1.165) is 17.3 Å². The number of nitrogens with one attached hydrogen (secondary N) is 1. The van der Waals surface area contributed by atoms with E-state index in [1.54, 1.807) is 0 Å². The molecule has 1 atom stereocenters. The summed E-state index contributed by atoms with van der Waals surface area (Å²) in [5.74, 6) is 0.830. The number of hydrogen-bond donors (Lipinski definition) is 1. The van der Waals surface area contributed by atoms with Gasteiger partial charge >= 0.3 is 0 Å². The smallest absolute Gasteiger partial charge is 0.0378 e. The lowest BCUT2D eigenvalue weighted by Crippen LogP contribution is -2.11. The van der Waals surface area contributed by atoms with E-state index in [-0.39, 0.29) is 0 Å². The zero-order valence-corrected chi connectivity index (χ0v) is 9.01. The summed E-state index contributed by atoms with van der Waals surface area (Å²) in [6.45, 7) is 6.51. The van der Waals surface area contributed by atoms with Gasteiger partial charge in [0.05, 0.1) is 0 Å². The van der Waals surface area contributed by atoms with Crippen molar-refractivity contribution < 1.29 is 0 Å². The minimum Gasteiger partial charge on any atom is -0.316 e. The molecular formula is C12H18N2. The summed E-state index contributed by atoms with van der Waals surface area (Å²) in [7, 11) is 0. The maximum absolute atomic E-state index is 4.39. The molecule has 0 amide bonds. The van der Waals surface area contributed by atoms with Gasteiger partial charge in [-0.05, 0) is 63.4 Å². The number of hydrogen-bond acceptors (Lipinski definition) is 2. The van der Waals surface area contributed by atoms with E-state index in [9.17, 15) is 0 Å². The number of rotatable bonds is 2. The van der Waals surface area contributed by atoms with Crippen molar-refractivity contribution >= 4 is 0 Å². The lowest BCUT2D eigenvalue weighted by molar-refractivity contribution is 0.579. The lowest BCUT2D eigenvalue weighted by atomic mass is 9.98. The van der Waals surface area contributed by atoms with Gasteiger partial charge in [-0.1, -0.05) is 0 Å². The molecule has 1 unspecified atom stereocenters. The number of aryl methyl sites for hydroxylation is 2. The van der Waals surface area contributed by atoms with Crippen molar-refractivity contribution in [2.24, 2.45) is 5.92 Å². The van der Waals surface area contributed by atoms with Crippen molar-refractivity contribution in [2.45, 2.75) is 26.7 Å². The normalized spacial score (nSPS) is 21.4. The fourth-order valence-electron chi connectivity index (χ4n) is 2.26. The maximum Gasteiger partial charge on any atom is 0.0378 e. The standard InChI is InChI=1S/C12H18N2/c1-9-5-12(6-10(2)14-9)7-11-3-4-13-8-11/h5-6,11,13H,3-4,7-8H2,1-2H3. The monoisotopic (exact) mass is 190 g/mol. The Morgan fingerprint density at radius 3 is 2.64 bits per heavy atom. The Bertz CT molecular complexity index is 294. The average molecular weight is 190 g/mol. The van der Waals surface area contributed by atoms with E-state index in [0.29, 0.717) is 0 Å². The summed E-state index contributed by atoms with van der Waals surface area (Å²) in [4.78, 5) is 4.39. The highest BCUT2D eigenvalue weighted by atomic mass is 14.9. The van der Waals surface area contributed by atoms with Gasteiger partial charge in [0.1, 0.15) is 0 Å². The molecule has 2 nitrogen and oxygen atoms in total. The topological polar surface area (TPSA) is 24.9 Å². The van der Waals surface area contributed by atoms with Crippen LogP contribution in [0.2, 0.25) is 0 Å². The second kappa shape index (κ2) is 4.09. The van der Waals surface area contributed by atoms with Gasteiger partial charge in [0.15, 0.2) is 0 Å². The highest BCUT2D eigenvalue weighted by molar-refractivity contribution is 5.21. The van der Waals surface area contributed by atoms with Crippen LogP contribution in [0.5, 0.6) is 0 Å². The third-order valence-electron chi connectivity index (χ3n) is 2.83. The minimum atomic E-state index is 0.830. The summed E-state index contributed by atoms with van der Waals surface area (Å²) in [5.41, 5.74) is 3.74. The molecule has 1 N–H and O–H groups in total. The van der Waals surface area contributed by atoms with Gasteiger partial charge in [-0.25, -0.2) is 0 Å². The zero-order chi connectivity index (χ0) is 9.97. The largest absolute Gasteiger partial charge is 0.316 e. The van der Waals surface area contributed by atoms with Gasteiger partial charge in [-0.2, -0.15) is 0 Å². The van der Waals surface area contributed by atoms with Crippen molar-refractivity contribution in [3.05, 3.63) is 29.1 Å². The molecule has 2 heterocycles. The summed E-state index contributed by atoms with van der Waals surface area (Å²) in [5, 5.41) is 3.41. The van der Waals surface area contributed by atoms with E-state index >= 15 is 0 Å². The predicted molar refractivity (Wildman–Crippen MR) is 58.4 cm³/mol. The first-order valence-electron chi connectivity index (χ1n) is 5.39. The molecule has 1 aromatic heterocycles. The molecule has 76 valence electrons. The van der Waals surface area contributed by atoms with Crippen LogP contribution < -0.4 is 5.32 Å². The Kier molecular flexibility index (Phi) is 2.82. The van der Waals surface area contributed by atoms with Crippen LogP contribution in [0.25, 0.3) is 0 Å². The van der Waals surface area contributed by atoms with Crippen LogP contribution in [0.3, 0.4) is 0 Å². The maximum atomic E-state index is 4.39. The van der Waals surface area contributed by atoms with E-state index in [4.69, 9.17) is 0 Å². The molecule has 2 heteroatoms. The van der Waals surface area contributed by atoms with E-state index in [1.807, 2.05) is 0 Å². The molecule has 2 rings (SSSR count). The van der Waals surface area contributed by atoms with Gasteiger partial charge in [0.25, 0.3) is 0 Å². The third-order valence-corrected chi connectivity index (χ3v) is 2.83. The Hall–Kier alpha value is -0.890. The lowest BCUT2D eigenvalue weighted by Gasteiger charge is -2.09. The number of nitrogens with zero attached hydrogens (tertiary/aromatic N) is 1. The molecule has 0 bridgehead atoms. The minimum absolute atomic E-state index is 0.830. The Balaban J connectivity index is 2.07. The summed E-state index contributed by atoms with van der Waals surface area (Å²) < 4.78 is 0. The SMILES string of the molecule is Cc1cc(CC2CCNC2)cc(C)n1. The van der Waals surface area contributed by atoms with Crippen LogP contribution in [0, 0.1) is 19.8 Å². The summed E-state index contributed by atoms with van der Waals surface area (Å²) in [6.07, 6.45) is 2.53. The van der Waals surface area contributed by atoms with Gasteiger partial charge in [-0.15, -0.1) is 0 Å². The van der Waals surface area contributed by atoms with Crippen LogP contribution in [-0.4, -0.2) is 18.1 Å². The molecule has 0 radical (unpaired) electrons. The first-order chi connectivity index (χ1) is 6.74. The highest BCUT2D eigenvalue weighted by Crippen LogP contribution is 2.16. The van der Waals surface area contributed by atoms with Crippen molar-refractivity contribution in [3.63, 3.8) is 0 Å². The molecule has 1 fully saturated rings. The highest BCUT2D eigenvalue weighted by Gasteiger charge is 2.14. The summed E-state index contributed by atoms with van der Waals surface area (Å²) >= 11 is 0. The van der Waals surface area contributed by atoms with Crippen LogP contribution >= 0.6 is 0 Å². The fourth-order valence-corrected chi connectivity index (χ4v) is 2.26. The van der Waals surface area contributed by atoms with Crippen molar-refractivity contribution in [3.8, 4) is 0 Å². The van der Waals surface area contributed by atoms with Crippen LogP contribution in [0.15, 0.2) is 12.1 Å². The molecule has 1 aliphatic heterocycles. The van der Waals surface area contributed by atoms with E-state index in [1.165, 1.54) is 31.5 Å². The van der Waals surface area contributed by atoms with Gasteiger partial charge in [0.2, 0.25) is 0 Å². The van der Waals surface area contributed by atoms with Crippen molar-refractivity contribution in [1.29, 1.82) is 0 Å². The quantitative estimate of drug-likeness (QED) is 0.770. The van der Waals surface area contributed by atoms with Crippen molar-refractivity contribution in [1.82, 2.24) is 10.3 Å². The Morgan fingerprint density at radius 1 is 1.36 bits per heavy atom. The molecule has 14 heavy (non-hydrogen) atoms. The number of aromatic nitrogens is 1. The van der Waals surface area contributed by atoms with Crippen LogP contribution in [0.4, 0.5) is 0 Å². The van der Waals surface area contributed by atoms with Crippen LogP contribution in [-0.2, 0) is 6.42 Å². The zero-order valence-electron chi connectivity index (χ0n) is 9.01. The third kappa shape index (κ3) is 2.32. The molecule has 0 aliphatic carbocycles. The van der Waals surface area contributed by atoms with E-state index in [2.05, 4.69) is 36.3 Å². The molecule has 0 spiro atoms. The number of pyridine rings is 1. The fraction of sp³-hybridized carbons (Fsp3) is 0.583. The average Bonchev–Trinajstić information content (AvgIpc) is 2.54. The first-order valence-corrected chi connectivity index (χ1v) is 5.39. The molecular weight excluding hydrogens is 172 g/mol. The first kappa shape index (κ1) is 9.66. The van der Waals surface area contributed by atoms with Gasteiger partial charge < -0.3 is 5.32 Å². The Labute approximate surface area is 85.7 Å². The predicted octanol–water partition coefficient (Wildman–Crippen LogP) is 1.85. The molecule has 0 saturated carbocycles. The van der Waals surface area contributed by atoms with Crippen molar-refractivity contribution in [2.75, 3.05) is 13.1 Å². The molecule has 1 saturated heterocycles. The summed E-state index contributed by atoms with van der Waals surface area (Å²) in [6, 6.07) is 4.43. The molecule has 0 aromatic carbocycles. The van der Waals surface area contributed by atoms with E-state index < -0.39 is 0 Å². The van der Waals surface area contributed by atoms with Crippen LogP contribution in [0.1, 0.15) is 23.4 Å². The molecule has 1 aliphatic rings. The second-order valence-electron chi connectivity index (χ2n) is 4.32. The van der Waals surface area contributed by atoms with Gasteiger partial charge in [0, 0.05) is 11.4 Å². The second-order valence-corrected chi connectivity index (χ2v) is 4.32. The van der Waals surface area contributed by atoms with Gasteiger partial charge in [-0.3, -0.25) is 4.98 Å².